The Balaban J connectivity index is 2.26. The predicted octanol–water partition coefficient (Wildman–Crippen LogP) is 1.23. The van der Waals surface area contributed by atoms with Crippen molar-refractivity contribution < 1.29 is 0 Å². The molecule has 0 amide bonds. The maximum atomic E-state index is 5.66. The highest BCUT2D eigenvalue weighted by molar-refractivity contribution is 9.10. The molecule has 7 heteroatoms. The van der Waals surface area contributed by atoms with Gasteiger partial charge in [0, 0.05) is 26.7 Å². The number of hydrogen-bond donors (Lipinski definition) is 2. The molecule has 19 heavy (non-hydrogen) atoms. The van der Waals surface area contributed by atoms with Crippen molar-refractivity contribution in [2.24, 2.45) is 19.9 Å². The first kappa shape index (κ1) is 14.2. The molecule has 2 rings (SSSR count). The van der Waals surface area contributed by atoms with Crippen molar-refractivity contribution in [3.63, 3.8) is 0 Å². The van der Waals surface area contributed by atoms with E-state index < -0.39 is 0 Å². The van der Waals surface area contributed by atoms with Crippen LogP contribution in [0.15, 0.2) is 17.0 Å². The van der Waals surface area contributed by atoms with Crippen LogP contribution in [-0.4, -0.2) is 19.3 Å². The van der Waals surface area contributed by atoms with Gasteiger partial charge < -0.3 is 4.57 Å². The molecule has 0 spiro atoms. The van der Waals surface area contributed by atoms with Crippen molar-refractivity contribution in [2.75, 3.05) is 0 Å². The molecule has 6 nitrogen and oxygen atoms in total. The molecule has 1 unspecified atom stereocenters. The summed E-state index contributed by atoms with van der Waals surface area (Å²) in [6.07, 6.45) is 5.38. The number of hydrazine groups is 1. The third kappa shape index (κ3) is 2.88. The average Bonchev–Trinajstić information content (AvgIpc) is 2.92. The van der Waals surface area contributed by atoms with Gasteiger partial charge in [0.05, 0.1) is 33.9 Å². The van der Waals surface area contributed by atoms with Crippen molar-refractivity contribution in [1.82, 2.24) is 24.8 Å². The molecule has 3 N–H and O–H groups in total. The van der Waals surface area contributed by atoms with Crippen molar-refractivity contribution in [3.8, 4) is 0 Å². The van der Waals surface area contributed by atoms with Gasteiger partial charge >= 0.3 is 0 Å². The maximum absolute atomic E-state index is 5.66. The number of halogens is 1. The third-order valence-electron chi connectivity index (χ3n) is 3.18. The number of nitrogens with two attached hydrogens (primary N) is 1. The molecule has 2 aromatic rings. The molecule has 0 radical (unpaired) electrons. The fraction of sp³-hybridized carbons (Fsp3) is 0.500. The second-order valence-corrected chi connectivity index (χ2v) is 5.36. The molecule has 2 heterocycles. The lowest BCUT2D eigenvalue weighted by Gasteiger charge is -2.14. The molecule has 0 bridgehead atoms. The van der Waals surface area contributed by atoms with E-state index in [9.17, 15) is 0 Å². The summed E-state index contributed by atoms with van der Waals surface area (Å²) in [5, 5.41) is 4.49. The van der Waals surface area contributed by atoms with Gasteiger partial charge in [-0.15, -0.1) is 0 Å². The first-order valence-electron chi connectivity index (χ1n) is 6.21. The highest BCUT2D eigenvalue weighted by Gasteiger charge is 2.19. The van der Waals surface area contributed by atoms with Crippen LogP contribution in [0.25, 0.3) is 0 Å². The van der Waals surface area contributed by atoms with E-state index in [1.54, 1.807) is 6.33 Å². The number of aromatic nitrogens is 4. The van der Waals surface area contributed by atoms with E-state index >= 15 is 0 Å². The summed E-state index contributed by atoms with van der Waals surface area (Å²) < 4.78 is 4.87. The van der Waals surface area contributed by atoms with Gasteiger partial charge in [-0.05, 0) is 22.4 Å². The van der Waals surface area contributed by atoms with Crippen molar-refractivity contribution >= 4 is 15.9 Å². The van der Waals surface area contributed by atoms with Crippen LogP contribution in [0.5, 0.6) is 0 Å². The lowest BCUT2D eigenvalue weighted by molar-refractivity contribution is 0.519. The summed E-state index contributed by atoms with van der Waals surface area (Å²) in [6, 6.07) is -0.0300. The van der Waals surface area contributed by atoms with Gasteiger partial charge in [0.25, 0.3) is 0 Å². The highest BCUT2D eigenvalue weighted by Crippen LogP contribution is 2.25. The zero-order chi connectivity index (χ0) is 14.0. The minimum Gasteiger partial charge on any atom is -0.340 e. The van der Waals surface area contributed by atoms with E-state index in [0.717, 1.165) is 34.4 Å². The molecule has 0 aliphatic rings. The van der Waals surface area contributed by atoms with Crippen LogP contribution in [0, 0.1) is 0 Å². The first-order valence-corrected chi connectivity index (χ1v) is 7.00. The van der Waals surface area contributed by atoms with Gasteiger partial charge in [0.1, 0.15) is 0 Å². The second kappa shape index (κ2) is 5.85. The van der Waals surface area contributed by atoms with Gasteiger partial charge in [-0.1, -0.05) is 6.92 Å². The van der Waals surface area contributed by atoms with Gasteiger partial charge in [-0.25, -0.2) is 4.98 Å². The molecule has 0 aliphatic heterocycles. The van der Waals surface area contributed by atoms with Crippen LogP contribution < -0.4 is 11.3 Å². The minimum atomic E-state index is -0.0300. The third-order valence-corrected chi connectivity index (χ3v) is 4.10. The monoisotopic (exact) mass is 326 g/mol. The summed E-state index contributed by atoms with van der Waals surface area (Å²) in [7, 11) is 3.89. The van der Waals surface area contributed by atoms with Crippen LogP contribution in [0.1, 0.15) is 30.0 Å². The Morgan fingerprint density at radius 2 is 2.21 bits per heavy atom. The molecule has 0 saturated heterocycles. The molecular weight excluding hydrogens is 308 g/mol. The fourth-order valence-electron chi connectivity index (χ4n) is 2.10. The fourth-order valence-corrected chi connectivity index (χ4v) is 2.87. The Hall–Kier alpha value is -1.18. The molecular formula is C12H19BrN6. The van der Waals surface area contributed by atoms with E-state index in [4.69, 9.17) is 5.84 Å². The summed E-state index contributed by atoms with van der Waals surface area (Å²) in [5.74, 6) is 5.66. The largest absolute Gasteiger partial charge is 0.340 e. The molecule has 1 atom stereocenters. The number of imidazole rings is 1. The lowest BCUT2D eigenvalue weighted by atomic mass is 10.1. The zero-order valence-electron chi connectivity index (χ0n) is 11.4. The zero-order valence-corrected chi connectivity index (χ0v) is 13.0. The van der Waals surface area contributed by atoms with Gasteiger partial charge in [-0.3, -0.25) is 16.0 Å². The maximum Gasteiger partial charge on any atom is 0.0947 e. The lowest BCUT2D eigenvalue weighted by Crippen LogP contribution is -2.30. The van der Waals surface area contributed by atoms with Gasteiger partial charge in [-0.2, -0.15) is 5.10 Å². The topological polar surface area (TPSA) is 73.7 Å². The van der Waals surface area contributed by atoms with Crippen LogP contribution in [0.2, 0.25) is 0 Å². The van der Waals surface area contributed by atoms with E-state index in [1.807, 2.05) is 29.5 Å². The second-order valence-electron chi connectivity index (χ2n) is 4.57. The van der Waals surface area contributed by atoms with Crippen molar-refractivity contribution in [3.05, 3.63) is 34.1 Å². The number of rotatable bonds is 5. The molecule has 0 aliphatic carbocycles. The van der Waals surface area contributed by atoms with Gasteiger partial charge in [0.15, 0.2) is 0 Å². The van der Waals surface area contributed by atoms with Crippen LogP contribution in [0.4, 0.5) is 0 Å². The number of nitrogens with one attached hydrogen (secondary N) is 1. The number of aryl methyl sites for hydroxylation is 3. The van der Waals surface area contributed by atoms with E-state index in [2.05, 4.69) is 38.4 Å². The summed E-state index contributed by atoms with van der Waals surface area (Å²) >= 11 is 3.62. The van der Waals surface area contributed by atoms with E-state index in [1.165, 1.54) is 0 Å². The predicted molar refractivity (Wildman–Crippen MR) is 77.3 cm³/mol. The molecule has 0 aromatic carbocycles. The van der Waals surface area contributed by atoms with Gasteiger partial charge in [0.2, 0.25) is 0 Å². The Morgan fingerprint density at radius 3 is 2.68 bits per heavy atom. The molecule has 0 fully saturated rings. The van der Waals surface area contributed by atoms with E-state index in [-0.39, 0.29) is 6.04 Å². The first-order chi connectivity index (χ1) is 9.06. The van der Waals surface area contributed by atoms with Crippen LogP contribution in [-0.2, 0) is 26.9 Å². The summed E-state index contributed by atoms with van der Waals surface area (Å²) in [4.78, 5) is 4.34. The van der Waals surface area contributed by atoms with Crippen LogP contribution in [0.3, 0.4) is 0 Å². The number of nitrogens with zero attached hydrogens (tertiary/aromatic N) is 4. The SMILES string of the molecule is CCc1nn(C)c(CC(NN)c2cn(C)cn2)c1Br. The van der Waals surface area contributed by atoms with Crippen molar-refractivity contribution in [2.45, 2.75) is 25.8 Å². The summed E-state index contributed by atoms with van der Waals surface area (Å²) in [5.41, 5.74) is 5.93. The molecule has 0 saturated carbocycles. The minimum absolute atomic E-state index is 0.0300. The Labute approximate surface area is 121 Å². The smallest absolute Gasteiger partial charge is 0.0947 e. The summed E-state index contributed by atoms with van der Waals surface area (Å²) in [6.45, 7) is 2.09. The standard InChI is InChI=1S/C12H19BrN6/c1-4-8-12(13)11(19(3)17-8)5-9(16-14)10-6-18(2)7-15-10/h6-7,9,16H,4-5,14H2,1-3H3. The Morgan fingerprint density at radius 1 is 1.47 bits per heavy atom. The van der Waals surface area contributed by atoms with E-state index in [0.29, 0.717) is 0 Å². The highest BCUT2D eigenvalue weighted by atomic mass is 79.9. The molecule has 2 aromatic heterocycles. The van der Waals surface area contributed by atoms with Crippen LogP contribution >= 0.6 is 15.9 Å². The average molecular weight is 327 g/mol. The quantitative estimate of drug-likeness (QED) is 0.640. The normalized spacial score (nSPS) is 12.9. The molecule has 104 valence electrons. The Kier molecular flexibility index (Phi) is 4.38. The van der Waals surface area contributed by atoms with Crippen molar-refractivity contribution in [1.29, 1.82) is 0 Å². The number of hydrogen-bond acceptors (Lipinski definition) is 4. The Bertz CT molecular complexity index is 559.